The van der Waals surface area contributed by atoms with Gasteiger partial charge in [-0.25, -0.2) is 5.43 Å². The normalized spacial score (nSPS) is 11.3. The Hall–Kier alpha value is -1.27. The van der Waals surface area contributed by atoms with Crippen molar-refractivity contribution in [1.29, 1.82) is 0 Å². The van der Waals surface area contributed by atoms with Gasteiger partial charge in [0.05, 0.1) is 20.8 Å². The number of benzene rings is 2. The third-order valence-electron chi connectivity index (χ3n) is 2.94. The smallest absolute Gasteiger partial charge is 0.277 e. The van der Waals surface area contributed by atoms with Crippen LogP contribution in [0.2, 0.25) is 15.1 Å². The fraction of sp³-hybridized carbons (Fsp3) is 0.125. The molecule has 2 rings (SSSR count). The molecule has 0 aliphatic rings. The molecule has 0 atom stereocenters. The van der Waals surface area contributed by atoms with Crippen LogP contribution in [-0.2, 0) is 4.79 Å². The van der Waals surface area contributed by atoms with Crippen molar-refractivity contribution in [3.05, 3.63) is 61.5 Å². The zero-order chi connectivity index (χ0) is 17.7. The van der Waals surface area contributed by atoms with E-state index in [0.717, 1.165) is 10.0 Å². The Bertz CT molecular complexity index is 780. The molecule has 126 valence electrons. The van der Waals surface area contributed by atoms with E-state index in [9.17, 15) is 4.79 Å². The van der Waals surface area contributed by atoms with Gasteiger partial charge in [-0.2, -0.15) is 5.10 Å². The van der Waals surface area contributed by atoms with Crippen molar-refractivity contribution in [2.24, 2.45) is 5.10 Å². The van der Waals surface area contributed by atoms with Gasteiger partial charge in [0.15, 0.2) is 6.61 Å². The van der Waals surface area contributed by atoms with Gasteiger partial charge in [0.25, 0.3) is 5.91 Å². The maximum atomic E-state index is 11.8. The van der Waals surface area contributed by atoms with Crippen molar-refractivity contribution in [3.8, 4) is 5.75 Å². The van der Waals surface area contributed by atoms with Crippen LogP contribution < -0.4 is 10.2 Å². The summed E-state index contributed by atoms with van der Waals surface area (Å²) in [7, 11) is 0. The molecule has 0 heterocycles. The first-order valence-corrected chi connectivity index (χ1v) is 8.66. The highest BCUT2D eigenvalue weighted by Gasteiger charge is 2.09. The lowest BCUT2D eigenvalue weighted by Crippen LogP contribution is -2.25. The number of amides is 1. The first-order chi connectivity index (χ1) is 11.4. The van der Waals surface area contributed by atoms with Gasteiger partial charge in [-0.3, -0.25) is 4.79 Å². The molecule has 0 fully saturated rings. The van der Waals surface area contributed by atoms with Crippen LogP contribution in [0.25, 0.3) is 0 Å². The van der Waals surface area contributed by atoms with Gasteiger partial charge in [-0.15, -0.1) is 0 Å². The minimum Gasteiger partial charge on any atom is -0.482 e. The topological polar surface area (TPSA) is 50.7 Å². The van der Waals surface area contributed by atoms with E-state index < -0.39 is 5.91 Å². The van der Waals surface area contributed by atoms with Crippen LogP contribution in [0.4, 0.5) is 0 Å². The molecule has 0 unspecified atom stereocenters. The van der Waals surface area contributed by atoms with Crippen LogP contribution in [0.5, 0.6) is 5.75 Å². The van der Waals surface area contributed by atoms with Crippen molar-refractivity contribution in [2.75, 3.05) is 6.61 Å². The number of nitrogens with zero attached hydrogens (tertiary/aromatic N) is 1. The Morgan fingerprint density at radius 3 is 2.42 bits per heavy atom. The highest BCUT2D eigenvalue weighted by molar-refractivity contribution is 9.10. The molecule has 0 bridgehead atoms. The zero-order valence-corrected chi connectivity index (χ0v) is 16.3. The summed E-state index contributed by atoms with van der Waals surface area (Å²) in [6, 6.07) is 10.5. The van der Waals surface area contributed by atoms with Crippen molar-refractivity contribution in [1.82, 2.24) is 5.43 Å². The van der Waals surface area contributed by atoms with Crippen molar-refractivity contribution >= 4 is 62.4 Å². The molecule has 1 amide bonds. The fourth-order valence-electron chi connectivity index (χ4n) is 1.69. The molecule has 0 saturated heterocycles. The first kappa shape index (κ1) is 19.1. The van der Waals surface area contributed by atoms with Crippen molar-refractivity contribution < 1.29 is 9.53 Å². The number of hydrogen-bond acceptors (Lipinski definition) is 3. The Kier molecular flexibility index (Phi) is 6.92. The lowest BCUT2D eigenvalue weighted by atomic mass is 10.1. The van der Waals surface area contributed by atoms with Crippen LogP contribution >= 0.6 is 50.7 Å². The van der Waals surface area contributed by atoms with Gasteiger partial charge in [0.1, 0.15) is 5.75 Å². The second kappa shape index (κ2) is 8.72. The molecule has 0 radical (unpaired) electrons. The van der Waals surface area contributed by atoms with Crippen LogP contribution in [0.3, 0.4) is 0 Å². The van der Waals surface area contributed by atoms with E-state index in [1.807, 2.05) is 24.3 Å². The van der Waals surface area contributed by atoms with E-state index in [-0.39, 0.29) is 17.4 Å². The summed E-state index contributed by atoms with van der Waals surface area (Å²) in [4.78, 5) is 11.8. The van der Waals surface area contributed by atoms with E-state index >= 15 is 0 Å². The predicted molar refractivity (Wildman–Crippen MR) is 101 cm³/mol. The van der Waals surface area contributed by atoms with E-state index in [4.69, 9.17) is 39.5 Å². The molecule has 8 heteroatoms. The minimum absolute atomic E-state index is 0.255. The average Bonchev–Trinajstić information content (AvgIpc) is 2.55. The molecule has 2 aromatic rings. The minimum atomic E-state index is -0.423. The Morgan fingerprint density at radius 1 is 1.12 bits per heavy atom. The number of hydrogen-bond donors (Lipinski definition) is 1. The van der Waals surface area contributed by atoms with Gasteiger partial charge < -0.3 is 4.74 Å². The number of hydrazone groups is 1. The van der Waals surface area contributed by atoms with E-state index in [2.05, 4.69) is 26.5 Å². The van der Waals surface area contributed by atoms with Crippen LogP contribution in [-0.4, -0.2) is 18.2 Å². The van der Waals surface area contributed by atoms with Gasteiger partial charge in [-0.05, 0) is 30.7 Å². The highest BCUT2D eigenvalue weighted by atomic mass is 79.9. The number of rotatable bonds is 5. The molecule has 4 nitrogen and oxygen atoms in total. The van der Waals surface area contributed by atoms with E-state index in [0.29, 0.717) is 15.8 Å². The Labute approximate surface area is 162 Å². The second-order valence-corrected chi connectivity index (χ2v) is 6.86. The van der Waals surface area contributed by atoms with Crippen molar-refractivity contribution in [3.63, 3.8) is 0 Å². The summed E-state index contributed by atoms with van der Waals surface area (Å²) >= 11 is 21.0. The van der Waals surface area contributed by atoms with Gasteiger partial charge in [0.2, 0.25) is 0 Å². The number of halogens is 4. The summed E-state index contributed by atoms with van der Waals surface area (Å²) < 4.78 is 6.29. The number of ether oxygens (including phenoxy) is 1. The quantitative estimate of drug-likeness (QED) is 0.380. The molecule has 0 saturated carbocycles. The largest absolute Gasteiger partial charge is 0.482 e. The molecule has 0 aliphatic heterocycles. The summed E-state index contributed by atoms with van der Waals surface area (Å²) in [5, 5.41) is 4.91. The molecule has 24 heavy (non-hydrogen) atoms. The molecule has 0 spiro atoms. The summed E-state index contributed by atoms with van der Waals surface area (Å²) in [5.41, 5.74) is 3.99. The predicted octanol–water partition coefficient (Wildman–Crippen LogP) is 5.33. The van der Waals surface area contributed by atoms with Gasteiger partial charge >= 0.3 is 0 Å². The monoisotopic (exact) mass is 448 g/mol. The lowest BCUT2D eigenvalue weighted by Gasteiger charge is -2.08. The standard InChI is InChI=1S/C16H12BrCl3N2O2/c1-9(10-2-4-11(17)5-3-10)21-22-16(23)8-24-15-7-13(19)12(18)6-14(15)20/h2-7H,8H2,1H3,(H,22,23)/b21-9+. The third-order valence-corrected chi connectivity index (χ3v) is 4.49. The van der Waals surface area contributed by atoms with Gasteiger partial charge in [-0.1, -0.05) is 62.9 Å². The van der Waals surface area contributed by atoms with Crippen LogP contribution in [0.1, 0.15) is 12.5 Å². The van der Waals surface area contributed by atoms with E-state index in [1.54, 1.807) is 6.92 Å². The highest BCUT2D eigenvalue weighted by Crippen LogP contribution is 2.33. The fourth-order valence-corrected chi connectivity index (χ4v) is 2.55. The van der Waals surface area contributed by atoms with Crippen molar-refractivity contribution in [2.45, 2.75) is 6.92 Å². The molecule has 2 aromatic carbocycles. The zero-order valence-electron chi connectivity index (χ0n) is 12.4. The maximum absolute atomic E-state index is 11.8. The second-order valence-electron chi connectivity index (χ2n) is 4.72. The number of nitrogens with one attached hydrogen (secondary N) is 1. The number of carbonyl (C=O) groups excluding carboxylic acids is 1. The lowest BCUT2D eigenvalue weighted by molar-refractivity contribution is -0.123. The first-order valence-electron chi connectivity index (χ1n) is 6.73. The Balaban J connectivity index is 1.93. The summed E-state index contributed by atoms with van der Waals surface area (Å²) in [5.74, 6) is -0.150. The maximum Gasteiger partial charge on any atom is 0.277 e. The number of carbonyl (C=O) groups is 1. The SMILES string of the molecule is C/C(=N\NC(=O)COc1cc(Cl)c(Cl)cc1Cl)c1ccc(Br)cc1. The van der Waals surface area contributed by atoms with Crippen LogP contribution in [0.15, 0.2) is 46.0 Å². The van der Waals surface area contributed by atoms with Gasteiger partial charge in [0, 0.05) is 10.5 Å². The van der Waals surface area contributed by atoms with E-state index in [1.165, 1.54) is 12.1 Å². The molecular weight excluding hydrogens is 438 g/mol. The molecule has 0 aliphatic carbocycles. The Morgan fingerprint density at radius 2 is 1.75 bits per heavy atom. The third kappa shape index (κ3) is 5.38. The molecule has 1 N–H and O–H groups in total. The summed E-state index contributed by atoms with van der Waals surface area (Å²) in [6.45, 7) is 1.54. The average molecular weight is 451 g/mol. The molecule has 0 aromatic heterocycles. The summed E-state index contributed by atoms with van der Waals surface area (Å²) in [6.07, 6.45) is 0. The van der Waals surface area contributed by atoms with Crippen LogP contribution in [0, 0.1) is 0 Å². The molecular formula is C16H12BrCl3N2O2.